The summed E-state index contributed by atoms with van der Waals surface area (Å²) >= 11 is 0. The molecule has 1 saturated carbocycles. The predicted molar refractivity (Wildman–Crippen MR) is 208 cm³/mol. The smallest absolute Gasteiger partial charge is 0.316 e. The van der Waals surface area contributed by atoms with Gasteiger partial charge in [0.15, 0.2) is 5.78 Å². The van der Waals surface area contributed by atoms with E-state index in [1.165, 1.54) is 11.0 Å². The summed E-state index contributed by atoms with van der Waals surface area (Å²) in [4.78, 5) is 85.8. The molecular weight excluding hydrogens is 672 g/mol. The van der Waals surface area contributed by atoms with Gasteiger partial charge < -0.3 is 31.1 Å². The molecule has 1 aromatic rings. The number of carbonyl (C=O) groups excluding carboxylic acids is 6. The van der Waals surface area contributed by atoms with Gasteiger partial charge in [-0.3, -0.25) is 24.0 Å². The predicted octanol–water partition coefficient (Wildman–Crippen LogP) is 5.02. The number of nitrogens with one attached hydrogen (secondary N) is 4. The third kappa shape index (κ3) is 11.4. The summed E-state index contributed by atoms with van der Waals surface area (Å²) in [6.45, 7) is 15.4. The topological polar surface area (TPSA) is 157 Å². The highest BCUT2D eigenvalue weighted by molar-refractivity contribution is 6.38. The van der Waals surface area contributed by atoms with Crippen molar-refractivity contribution in [2.24, 2.45) is 23.2 Å². The zero-order chi connectivity index (χ0) is 39.5. The van der Waals surface area contributed by atoms with Crippen LogP contribution in [-0.4, -0.2) is 91.6 Å². The van der Waals surface area contributed by atoms with Gasteiger partial charge in [0.1, 0.15) is 12.1 Å². The Morgan fingerprint density at radius 3 is 2.13 bits per heavy atom. The number of carbonyl (C=O) groups is 6. The molecule has 1 saturated heterocycles. The van der Waals surface area contributed by atoms with Crippen LogP contribution in [0.3, 0.4) is 0 Å². The van der Waals surface area contributed by atoms with Crippen LogP contribution in [0.25, 0.3) is 0 Å². The fourth-order valence-corrected chi connectivity index (χ4v) is 7.62. The van der Waals surface area contributed by atoms with Gasteiger partial charge in [-0.25, -0.2) is 4.79 Å². The van der Waals surface area contributed by atoms with Crippen molar-refractivity contribution in [3.63, 3.8) is 0 Å². The molecule has 0 spiro atoms. The van der Waals surface area contributed by atoms with Gasteiger partial charge in [0.25, 0.3) is 5.91 Å². The number of likely N-dealkylation sites (tertiary alicyclic amines) is 1. The maximum Gasteiger partial charge on any atom is 0.316 e. The highest BCUT2D eigenvalue weighted by Gasteiger charge is 2.48. The van der Waals surface area contributed by atoms with Crippen LogP contribution in [0.5, 0.6) is 0 Å². The number of urea groups is 1. The van der Waals surface area contributed by atoms with E-state index >= 15 is 0 Å². The van der Waals surface area contributed by atoms with Crippen molar-refractivity contribution < 1.29 is 28.8 Å². The molecule has 5 amide bonds. The molecule has 12 nitrogen and oxygen atoms in total. The molecule has 4 N–H and O–H groups in total. The zero-order valence-electron chi connectivity index (χ0n) is 33.3. The Kier molecular flexibility index (Phi) is 16.1. The number of amides is 5. The number of rotatable bonds is 17. The van der Waals surface area contributed by atoms with E-state index in [2.05, 4.69) is 27.8 Å². The first-order valence-corrected chi connectivity index (χ1v) is 19.5. The molecular formula is C41H64N6O6. The standard InChI is InChI=1S/C41H64N6O6/c1-10-16-31(35(49)38(51)42-24-11-2)43-37(50)33-30(26(4)12-3)23-25-47(33)39(52)36(41(5,6)7)45-40(53)44-32(27-17-14-13-15-18-27)34(48)28-19-21-29(22-20-28)46(8)9/h11,19-22,26-27,30-33,36H,2,10,12-18,23-25H2,1,3-9H3,(H,42,51)(H,43,50)(H2,44,45,53)/t26?,30-,31?,32+,33+,36-/m1/s1. The minimum atomic E-state index is -1.05. The van der Waals surface area contributed by atoms with Crippen molar-refractivity contribution >= 4 is 41.0 Å². The third-order valence-corrected chi connectivity index (χ3v) is 11.0. The Hall–Kier alpha value is -4.22. The van der Waals surface area contributed by atoms with Gasteiger partial charge in [-0.2, -0.15) is 0 Å². The van der Waals surface area contributed by atoms with Gasteiger partial charge >= 0.3 is 6.03 Å². The van der Waals surface area contributed by atoms with E-state index in [-0.39, 0.29) is 36.5 Å². The van der Waals surface area contributed by atoms with Gasteiger partial charge in [0, 0.05) is 38.4 Å². The van der Waals surface area contributed by atoms with Crippen LogP contribution in [0.1, 0.15) is 110 Å². The van der Waals surface area contributed by atoms with Crippen LogP contribution < -0.4 is 26.2 Å². The summed E-state index contributed by atoms with van der Waals surface area (Å²) in [5.41, 5.74) is 0.703. The van der Waals surface area contributed by atoms with Gasteiger partial charge in [0.2, 0.25) is 17.6 Å². The SMILES string of the molecule is C=CCNC(=O)C(=O)C(CCC)NC(=O)[C@@H]1[C@@H](C(C)CC)CCN1C(=O)[C@@H](NC(=O)N[C@H](C(=O)c1ccc(N(C)C)cc1)C1CCCCC1)C(C)(C)C. The third-order valence-electron chi connectivity index (χ3n) is 11.0. The fourth-order valence-electron chi connectivity index (χ4n) is 7.62. The lowest BCUT2D eigenvalue weighted by molar-refractivity contribution is -0.145. The number of Topliss-reactive ketones (excluding diaryl/α,β-unsaturated/α-hetero) is 2. The van der Waals surface area contributed by atoms with E-state index in [4.69, 9.17) is 0 Å². The molecule has 0 radical (unpaired) electrons. The van der Waals surface area contributed by atoms with Crippen molar-refractivity contribution in [3.05, 3.63) is 42.5 Å². The second kappa shape index (κ2) is 19.7. The van der Waals surface area contributed by atoms with Crippen LogP contribution in [0.2, 0.25) is 0 Å². The molecule has 2 fully saturated rings. The molecule has 1 aliphatic heterocycles. The highest BCUT2D eigenvalue weighted by Crippen LogP contribution is 2.35. The van der Waals surface area contributed by atoms with Crippen LogP contribution in [0.4, 0.5) is 10.5 Å². The average Bonchev–Trinajstić information content (AvgIpc) is 3.59. The molecule has 2 aliphatic rings. The van der Waals surface area contributed by atoms with Crippen LogP contribution in [0.15, 0.2) is 36.9 Å². The Balaban J connectivity index is 1.89. The van der Waals surface area contributed by atoms with E-state index in [9.17, 15) is 28.8 Å². The lowest BCUT2D eigenvalue weighted by atomic mass is 9.81. The first-order valence-electron chi connectivity index (χ1n) is 19.5. The van der Waals surface area contributed by atoms with Crippen LogP contribution in [-0.2, 0) is 19.2 Å². The van der Waals surface area contributed by atoms with E-state index in [0.29, 0.717) is 24.9 Å². The largest absolute Gasteiger partial charge is 0.378 e. The minimum Gasteiger partial charge on any atom is -0.378 e. The average molecular weight is 737 g/mol. The van der Waals surface area contributed by atoms with Gasteiger partial charge in [-0.1, -0.05) is 79.7 Å². The Labute approximate surface area is 316 Å². The Morgan fingerprint density at radius 2 is 1.58 bits per heavy atom. The number of anilines is 1. The van der Waals surface area contributed by atoms with Crippen molar-refractivity contribution in [3.8, 4) is 0 Å². The number of hydrogen-bond acceptors (Lipinski definition) is 7. The summed E-state index contributed by atoms with van der Waals surface area (Å²) < 4.78 is 0. The first-order chi connectivity index (χ1) is 25.0. The Morgan fingerprint density at radius 1 is 0.943 bits per heavy atom. The summed E-state index contributed by atoms with van der Waals surface area (Å²) in [6, 6.07) is 2.95. The normalized spacial score (nSPS) is 20.0. The second-order valence-corrected chi connectivity index (χ2v) is 16.1. The van der Waals surface area contributed by atoms with E-state index in [1.54, 1.807) is 12.1 Å². The first kappa shape index (κ1) is 43.2. The lowest BCUT2D eigenvalue weighted by Gasteiger charge is -2.38. The number of hydrogen-bond donors (Lipinski definition) is 4. The summed E-state index contributed by atoms with van der Waals surface area (Å²) in [7, 11) is 3.86. The molecule has 294 valence electrons. The van der Waals surface area contributed by atoms with Gasteiger partial charge in [-0.05, 0) is 73.1 Å². The minimum absolute atomic E-state index is 0.0418. The van der Waals surface area contributed by atoms with Crippen molar-refractivity contribution in [1.82, 2.24) is 26.2 Å². The summed E-state index contributed by atoms with van der Waals surface area (Å²) in [5, 5.41) is 11.2. The van der Waals surface area contributed by atoms with Crippen molar-refractivity contribution in [2.75, 3.05) is 32.1 Å². The Bertz CT molecular complexity index is 1450. The monoisotopic (exact) mass is 736 g/mol. The van der Waals surface area contributed by atoms with E-state index in [1.807, 2.05) is 72.7 Å². The van der Waals surface area contributed by atoms with E-state index in [0.717, 1.165) is 44.2 Å². The maximum atomic E-state index is 14.6. The second-order valence-electron chi connectivity index (χ2n) is 16.1. The van der Waals surface area contributed by atoms with Gasteiger partial charge in [0.05, 0.1) is 12.1 Å². The quantitative estimate of drug-likeness (QED) is 0.0995. The number of nitrogens with zero attached hydrogens (tertiary/aromatic N) is 2. The molecule has 53 heavy (non-hydrogen) atoms. The molecule has 2 unspecified atom stereocenters. The van der Waals surface area contributed by atoms with Gasteiger partial charge in [-0.15, -0.1) is 6.58 Å². The lowest BCUT2D eigenvalue weighted by Crippen LogP contribution is -2.62. The highest BCUT2D eigenvalue weighted by atomic mass is 16.2. The summed E-state index contributed by atoms with van der Waals surface area (Å²) in [6.07, 6.45) is 8.27. The molecule has 1 aromatic carbocycles. The molecule has 6 atom stereocenters. The summed E-state index contributed by atoms with van der Waals surface area (Å²) in [5.74, 6) is -2.79. The zero-order valence-corrected chi connectivity index (χ0v) is 33.3. The molecule has 0 bridgehead atoms. The van der Waals surface area contributed by atoms with Crippen LogP contribution in [0, 0.1) is 23.2 Å². The van der Waals surface area contributed by atoms with Crippen molar-refractivity contribution in [2.45, 2.75) is 123 Å². The molecule has 1 aliphatic carbocycles. The number of ketones is 2. The molecule has 1 heterocycles. The van der Waals surface area contributed by atoms with E-state index < -0.39 is 59.1 Å². The molecule has 12 heteroatoms. The van der Waals surface area contributed by atoms with Crippen molar-refractivity contribution in [1.29, 1.82) is 0 Å². The number of benzene rings is 1. The molecule has 0 aromatic heterocycles. The maximum absolute atomic E-state index is 14.6. The van der Waals surface area contributed by atoms with Crippen LogP contribution >= 0.6 is 0 Å². The molecule has 3 rings (SSSR count). The fraction of sp³-hybridized carbons (Fsp3) is 0.659.